The highest BCUT2D eigenvalue weighted by Crippen LogP contribution is 2.24. The molecule has 4 rings (SSSR count). The molecule has 0 amide bonds. The molecular weight excluding hydrogens is 531 g/mol. The highest BCUT2D eigenvalue weighted by atomic mass is 127. The highest BCUT2D eigenvalue weighted by molar-refractivity contribution is 14.0. The van der Waals surface area contributed by atoms with Crippen molar-refractivity contribution in [2.24, 2.45) is 4.99 Å². The van der Waals surface area contributed by atoms with Crippen LogP contribution in [-0.2, 0) is 17.8 Å². The van der Waals surface area contributed by atoms with Crippen LogP contribution in [0.2, 0.25) is 0 Å². The number of halogens is 1. The van der Waals surface area contributed by atoms with Gasteiger partial charge < -0.3 is 24.5 Å². The van der Waals surface area contributed by atoms with Gasteiger partial charge in [-0.2, -0.15) is 0 Å². The first-order valence-electron chi connectivity index (χ1n) is 10.9. The molecule has 1 atom stereocenters. The Balaban J connectivity index is 0.00000306. The summed E-state index contributed by atoms with van der Waals surface area (Å²) in [5.41, 5.74) is 5.22. The van der Waals surface area contributed by atoms with Crippen molar-refractivity contribution in [3.63, 3.8) is 0 Å². The van der Waals surface area contributed by atoms with E-state index < -0.39 is 0 Å². The average molecular weight is 562 g/mol. The SMILES string of the molecule is CN=C(NCc1coc(-c2ccc(C)cc2)n1)NCc1ccc(C)cc1OC1CCOC1.I. The van der Waals surface area contributed by atoms with E-state index in [1.54, 1.807) is 13.3 Å². The van der Waals surface area contributed by atoms with Crippen molar-refractivity contribution in [1.82, 2.24) is 15.6 Å². The maximum Gasteiger partial charge on any atom is 0.226 e. The number of ether oxygens (including phenoxy) is 2. The molecule has 1 aromatic heterocycles. The van der Waals surface area contributed by atoms with Gasteiger partial charge in [-0.05, 0) is 37.6 Å². The number of hydrogen-bond donors (Lipinski definition) is 2. The summed E-state index contributed by atoms with van der Waals surface area (Å²) in [5.74, 6) is 2.19. The molecule has 1 saturated heterocycles. The van der Waals surface area contributed by atoms with E-state index in [1.807, 2.05) is 24.3 Å². The van der Waals surface area contributed by atoms with Gasteiger partial charge in [0.15, 0.2) is 5.96 Å². The van der Waals surface area contributed by atoms with Crippen LogP contribution >= 0.6 is 24.0 Å². The molecule has 1 fully saturated rings. The van der Waals surface area contributed by atoms with E-state index in [9.17, 15) is 0 Å². The van der Waals surface area contributed by atoms with Gasteiger partial charge in [-0.25, -0.2) is 4.98 Å². The fraction of sp³-hybridized carbons (Fsp3) is 0.360. The minimum absolute atomic E-state index is 0. The Morgan fingerprint density at radius 1 is 1.09 bits per heavy atom. The molecule has 0 spiro atoms. The van der Waals surface area contributed by atoms with Gasteiger partial charge >= 0.3 is 0 Å². The van der Waals surface area contributed by atoms with E-state index in [1.165, 1.54) is 11.1 Å². The Labute approximate surface area is 212 Å². The van der Waals surface area contributed by atoms with Gasteiger partial charge in [0.25, 0.3) is 0 Å². The van der Waals surface area contributed by atoms with Crippen molar-refractivity contribution in [2.45, 2.75) is 39.5 Å². The Kier molecular flexibility index (Phi) is 9.13. The number of aromatic nitrogens is 1. The summed E-state index contributed by atoms with van der Waals surface area (Å²) in [7, 11) is 1.75. The van der Waals surface area contributed by atoms with Crippen LogP contribution in [0.15, 0.2) is 58.1 Å². The van der Waals surface area contributed by atoms with Gasteiger partial charge in [0.2, 0.25) is 5.89 Å². The van der Waals surface area contributed by atoms with Gasteiger partial charge in [0.1, 0.15) is 18.1 Å². The molecule has 2 heterocycles. The van der Waals surface area contributed by atoms with Crippen molar-refractivity contribution in [3.05, 3.63) is 71.1 Å². The van der Waals surface area contributed by atoms with Gasteiger partial charge in [-0.3, -0.25) is 4.99 Å². The van der Waals surface area contributed by atoms with Crippen molar-refractivity contribution in [1.29, 1.82) is 0 Å². The number of aliphatic imine (C=N–C) groups is 1. The Bertz CT molecular complexity index is 1060. The lowest BCUT2D eigenvalue weighted by molar-refractivity contribution is 0.140. The third-order valence-corrected chi connectivity index (χ3v) is 5.36. The van der Waals surface area contributed by atoms with Crippen LogP contribution in [0.4, 0.5) is 0 Å². The van der Waals surface area contributed by atoms with Crippen molar-refractivity contribution in [3.8, 4) is 17.2 Å². The molecule has 176 valence electrons. The minimum atomic E-state index is 0. The van der Waals surface area contributed by atoms with Crippen LogP contribution in [0.25, 0.3) is 11.5 Å². The molecule has 7 nitrogen and oxygen atoms in total. The van der Waals surface area contributed by atoms with E-state index in [-0.39, 0.29) is 30.1 Å². The second kappa shape index (κ2) is 12.0. The van der Waals surface area contributed by atoms with Crippen LogP contribution in [0.5, 0.6) is 5.75 Å². The maximum absolute atomic E-state index is 6.19. The lowest BCUT2D eigenvalue weighted by Crippen LogP contribution is -2.36. The summed E-state index contributed by atoms with van der Waals surface area (Å²) in [6.45, 7) is 6.63. The first-order chi connectivity index (χ1) is 15.6. The normalized spacial score (nSPS) is 15.7. The molecule has 1 aliphatic heterocycles. The first-order valence-corrected chi connectivity index (χ1v) is 10.9. The van der Waals surface area contributed by atoms with E-state index in [0.717, 1.165) is 35.6 Å². The second-order valence-corrected chi connectivity index (χ2v) is 8.00. The number of oxazole rings is 1. The third-order valence-electron chi connectivity index (χ3n) is 5.36. The zero-order valence-corrected chi connectivity index (χ0v) is 21.6. The monoisotopic (exact) mass is 562 g/mol. The molecule has 2 aromatic carbocycles. The smallest absolute Gasteiger partial charge is 0.226 e. The van der Waals surface area contributed by atoms with Crippen LogP contribution in [0.1, 0.15) is 28.8 Å². The van der Waals surface area contributed by atoms with Crippen LogP contribution in [-0.4, -0.2) is 37.3 Å². The number of benzene rings is 2. The maximum atomic E-state index is 6.19. The highest BCUT2D eigenvalue weighted by Gasteiger charge is 2.19. The third kappa shape index (κ3) is 6.94. The summed E-state index contributed by atoms with van der Waals surface area (Å²) in [6, 6.07) is 14.4. The molecular formula is C25H31IN4O3. The van der Waals surface area contributed by atoms with Crippen LogP contribution in [0, 0.1) is 13.8 Å². The molecule has 1 unspecified atom stereocenters. The quantitative estimate of drug-likeness (QED) is 0.249. The molecule has 0 radical (unpaired) electrons. The predicted molar refractivity (Wildman–Crippen MR) is 140 cm³/mol. The molecule has 2 N–H and O–H groups in total. The molecule has 1 aliphatic rings. The van der Waals surface area contributed by atoms with Crippen LogP contribution in [0.3, 0.4) is 0 Å². The fourth-order valence-corrected chi connectivity index (χ4v) is 3.49. The van der Waals surface area contributed by atoms with Crippen LogP contribution < -0.4 is 15.4 Å². The Hall–Kier alpha value is -2.59. The number of guanidine groups is 1. The average Bonchev–Trinajstić information content (AvgIpc) is 3.48. The summed E-state index contributed by atoms with van der Waals surface area (Å²) >= 11 is 0. The largest absolute Gasteiger partial charge is 0.488 e. The lowest BCUT2D eigenvalue weighted by atomic mass is 10.1. The summed E-state index contributed by atoms with van der Waals surface area (Å²) in [5, 5.41) is 6.64. The molecule has 33 heavy (non-hydrogen) atoms. The van der Waals surface area contributed by atoms with Gasteiger partial charge in [0, 0.05) is 31.1 Å². The molecule has 8 heteroatoms. The second-order valence-electron chi connectivity index (χ2n) is 8.00. The number of rotatable bonds is 7. The van der Waals surface area contributed by atoms with Crippen molar-refractivity contribution < 1.29 is 13.9 Å². The summed E-state index contributed by atoms with van der Waals surface area (Å²) in [4.78, 5) is 8.89. The van der Waals surface area contributed by atoms with Gasteiger partial charge in [-0.15, -0.1) is 24.0 Å². The number of nitrogens with one attached hydrogen (secondary N) is 2. The molecule has 3 aromatic rings. The number of nitrogens with zero attached hydrogens (tertiary/aromatic N) is 2. The van der Waals surface area contributed by atoms with Crippen molar-refractivity contribution in [2.75, 3.05) is 20.3 Å². The molecule has 0 bridgehead atoms. The van der Waals surface area contributed by atoms with E-state index in [4.69, 9.17) is 13.9 Å². The van der Waals surface area contributed by atoms with E-state index in [0.29, 0.717) is 31.5 Å². The predicted octanol–water partition coefficient (Wildman–Crippen LogP) is 4.61. The van der Waals surface area contributed by atoms with Gasteiger partial charge in [0.05, 0.1) is 25.5 Å². The fourth-order valence-electron chi connectivity index (χ4n) is 3.49. The summed E-state index contributed by atoms with van der Waals surface area (Å²) < 4.78 is 17.3. The van der Waals surface area contributed by atoms with E-state index in [2.05, 4.69) is 52.7 Å². The molecule has 0 saturated carbocycles. The minimum Gasteiger partial charge on any atom is -0.488 e. The number of aryl methyl sites for hydroxylation is 2. The standard InChI is InChI=1S/C25H30N4O3.HI/c1-17-4-7-19(8-5-17)24-29-21(15-31-24)14-28-25(26-3)27-13-20-9-6-18(2)12-23(20)32-22-10-11-30-16-22;/h4-9,12,15,22H,10-11,13-14,16H2,1-3H3,(H2,26,27,28);1H. The Morgan fingerprint density at radius 3 is 2.58 bits per heavy atom. The first kappa shape index (κ1) is 25.0. The topological polar surface area (TPSA) is 80.9 Å². The molecule has 0 aliphatic carbocycles. The lowest BCUT2D eigenvalue weighted by Gasteiger charge is -2.18. The zero-order chi connectivity index (χ0) is 22.3. The van der Waals surface area contributed by atoms with Crippen molar-refractivity contribution >= 4 is 29.9 Å². The van der Waals surface area contributed by atoms with Gasteiger partial charge in [-0.1, -0.05) is 29.8 Å². The summed E-state index contributed by atoms with van der Waals surface area (Å²) in [6.07, 6.45) is 2.71. The Morgan fingerprint density at radius 2 is 1.85 bits per heavy atom. The number of hydrogen-bond acceptors (Lipinski definition) is 5. The van der Waals surface area contributed by atoms with E-state index >= 15 is 0 Å². The zero-order valence-electron chi connectivity index (χ0n) is 19.3.